The summed E-state index contributed by atoms with van der Waals surface area (Å²) in [5.74, 6) is -1.31. The highest BCUT2D eigenvalue weighted by Crippen LogP contribution is 2.17. The molecule has 2 atom stereocenters. The van der Waals surface area contributed by atoms with Gasteiger partial charge in [-0.2, -0.15) is 0 Å². The highest BCUT2D eigenvalue weighted by atomic mass is 16.6. The summed E-state index contributed by atoms with van der Waals surface area (Å²) in [4.78, 5) is 21.8. The fraction of sp³-hybridized carbons (Fsp3) is 0.778. The second-order valence-corrected chi connectivity index (χ2v) is 4.38. The van der Waals surface area contributed by atoms with Crippen LogP contribution < -0.4 is 5.32 Å². The van der Waals surface area contributed by atoms with Crippen molar-refractivity contribution in [1.29, 1.82) is 0 Å². The molecular weight excluding hydrogens is 186 g/mol. The summed E-state index contributed by atoms with van der Waals surface area (Å²) in [6.07, 6.45) is 0.310. The van der Waals surface area contributed by atoms with E-state index in [-0.39, 0.29) is 5.97 Å². The number of nitrogens with one attached hydrogen (secondary N) is 1. The third-order valence-electron chi connectivity index (χ3n) is 1.86. The Morgan fingerprint density at radius 3 is 2.21 bits per heavy atom. The molecule has 0 aliphatic carbocycles. The van der Waals surface area contributed by atoms with E-state index in [1.54, 1.807) is 20.8 Å². The largest absolute Gasteiger partial charge is 0.480 e. The lowest BCUT2D eigenvalue weighted by atomic mass is 9.97. The quantitative estimate of drug-likeness (QED) is 0.622. The highest BCUT2D eigenvalue weighted by molar-refractivity contribution is 5.83. The van der Waals surface area contributed by atoms with Crippen molar-refractivity contribution in [2.75, 3.05) is 0 Å². The molecule has 1 saturated heterocycles. The van der Waals surface area contributed by atoms with Crippen LogP contribution in [0.4, 0.5) is 0 Å². The van der Waals surface area contributed by atoms with Crippen LogP contribution in [0.25, 0.3) is 0 Å². The first-order chi connectivity index (χ1) is 6.29. The van der Waals surface area contributed by atoms with E-state index >= 15 is 0 Å². The Morgan fingerprint density at radius 2 is 1.86 bits per heavy atom. The molecule has 0 bridgehead atoms. The number of esters is 1. The van der Waals surface area contributed by atoms with E-state index in [0.717, 1.165) is 0 Å². The Labute approximate surface area is 82.4 Å². The molecule has 0 unspecified atom stereocenters. The molecule has 1 rings (SSSR count). The fourth-order valence-electron chi connectivity index (χ4n) is 1.16. The number of ether oxygens (including phenoxy) is 1. The zero-order valence-electron chi connectivity index (χ0n) is 8.53. The van der Waals surface area contributed by atoms with Gasteiger partial charge in [-0.15, -0.1) is 0 Å². The van der Waals surface area contributed by atoms with Crippen molar-refractivity contribution in [3.05, 3.63) is 0 Å². The number of carbonyl (C=O) groups excluding carboxylic acids is 1. The molecular formula is C9H15NO4. The lowest BCUT2D eigenvalue weighted by molar-refractivity contribution is -0.162. The van der Waals surface area contributed by atoms with Gasteiger partial charge in [-0.05, 0) is 27.2 Å². The summed E-state index contributed by atoms with van der Waals surface area (Å²) in [6, 6.07) is -1.07. The van der Waals surface area contributed by atoms with Crippen LogP contribution in [-0.2, 0) is 14.3 Å². The summed E-state index contributed by atoms with van der Waals surface area (Å²) >= 11 is 0. The molecule has 0 radical (unpaired) electrons. The summed E-state index contributed by atoms with van der Waals surface area (Å²) in [6.45, 7) is 5.33. The van der Waals surface area contributed by atoms with E-state index in [0.29, 0.717) is 6.42 Å². The van der Waals surface area contributed by atoms with Gasteiger partial charge in [0.1, 0.15) is 17.7 Å². The molecule has 0 spiro atoms. The van der Waals surface area contributed by atoms with Crippen molar-refractivity contribution in [2.45, 2.75) is 44.9 Å². The van der Waals surface area contributed by atoms with Crippen LogP contribution in [0.1, 0.15) is 27.2 Å². The third kappa shape index (κ3) is 2.70. The number of rotatable bonds is 2. The van der Waals surface area contributed by atoms with Crippen molar-refractivity contribution < 1.29 is 19.4 Å². The number of carboxylic acids is 1. The van der Waals surface area contributed by atoms with E-state index in [1.807, 2.05) is 0 Å². The minimum atomic E-state index is -0.926. The van der Waals surface area contributed by atoms with Crippen molar-refractivity contribution >= 4 is 11.9 Å². The molecule has 1 aliphatic heterocycles. The van der Waals surface area contributed by atoms with Gasteiger partial charge in [0.05, 0.1) is 0 Å². The Hall–Kier alpha value is -1.10. The Balaban J connectivity index is 2.34. The Kier molecular flexibility index (Phi) is 2.80. The van der Waals surface area contributed by atoms with Crippen LogP contribution in [0, 0.1) is 0 Å². The van der Waals surface area contributed by atoms with Gasteiger partial charge in [-0.1, -0.05) is 0 Å². The predicted molar refractivity (Wildman–Crippen MR) is 48.8 cm³/mol. The lowest BCUT2D eigenvalue weighted by Gasteiger charge is -2.34. The molecule has 0 aromatic carbocycles. The molecule has 2 N–H and O–H groups in total. The molecule has 1 aliphatic rings. The van der Waals surface area contributed by atoms with Gasteiger partial charge < -0.3 is 9.84 Å². The van der Waals surface area contributed by atoms with Crippen LogP contribution >= 0.6 is 0 Å². The molecule has 0 aromatic heterocycles. The molecule has 0 aromatic rings. The molecule has 14 heavy (non-hydrogen) atoms. The van der Waals surface area contributed by atoms with E-state index in [2.05, 4.69) is 5.32 Å². The second-order valence-electron chi connectivity index (χ2n) is 4.38. The minimum absolute atomic E-state index is 0.310. The summed E-state index contributed by atoms with van der Waals surface area (Å²) < 4.78 is 5.08. The third-order valence-corrected chi connectivity index (χ3v) is 1.86. The number of carboxylic acid groups (broad SMARTS) is 1. The first-order valence-electron chi connectivity index (χ1n) is 4.51. The van der Waals surface area contributed by atoms with Gasteiger partial charge in [0.25, 0.3) is 0 Å². The average molecular weight is 201 g/mol. The molecule has 1 fully saturated rings. The number of aliphatic carboxylic acids is 1. The van der Waals surface area contributed by atoms with Gasteiger partial charge in [0.2, 0.25) is 0 Å². The Bertz CT molecular complexity index is 250. The SMILES string of the molecule is CC(C)(C)OC(=O)[C@@H]1C[C@@H](C(=O)O)N1. The minimum Gasteiger partial charge on any atom is -0.480 e. The first kappa shape index (κ1) is 11.0. The zero-order chi connectivity index (χ0) is 10.9. The van der Waals surface area contributed by atoms with Gasteiger partial charge in [-0.3, -0.25) is 14.9 Å². The van der Waals surface area contributed by atoms with Crippen molar-refractivity contribution in [1.82, 2.24) is 5.32 Å². The van der Waals surface area contributed by atoms with Crippen LogP contribution in [0.15, 0.2) is 0 Å². The summed E-state index contributed by atoms with van der Waals surface area (Å²) in [5.41, 5.74) is -0.521. The zero-order valence-corrected chi connectivity index (χ0v) is 8.53. The fourth-order valence-corrected chi connectivity index (χ4v) is 1.16. The van der Waals surface area contributed by atoms with Crippen LogP contribution in [0.5, 0.6) is 0 Å². The maximum absolute atomic E-state index is 11.3. The Morgan fingerprint density at radius 1 is 1.36 bits per heavy atom. The number of hydrogen-bond donors (Lipinski definition) is 2. The molecule has 5 heteroatoms. The van der Waals surface area contributed by atoms with E-state index in [4.69, 9.17) is 9.84 Å². The monoisotopic (exact) mass is 201 g/mol. The predicted octanol–water partition coefficient (Wildman–Crippen LogP) is 0.143. The number of hydrogen-bond acceptors (Lipinski definition) is 4. The topological polar surface area (TPSA) is 75.6 Å². The van der Waals surface area contributed by atoms with E-state index in [1.165, 1.54) is 0 Å². The van der Waals surface area contributed by atoms with Crippen LogP contribution in [0.2, 0.25) is 0 Å². The van der Waals surface area contributed by atoms with Gasteiger partial charge in [0, 0.05) is 0 Å². The first-order valence-corrected chi connectivity index (χ1v) is 4.51. The van der Waals surface area contributed by atoms with Gasteiger partial charge in [-0.25, -0.2) is 0 Å². The van der Waals surface area contributed by atoms with E-state index < -0.39 is 23.7 Å². The summed E-state index contributed by atoms with van der Waals surface area (Å²) in [5, 5.41) is 11.2. The van der Waals surface area contributed by atoms with Crippen molar-refractivity contribution in [3.63, 3.8) is 0 Å². The molecule has 80 valence electrons. The molecule has 0 saturated carbocycles. The van der Waals surface area contributed by atoms with Gasteiger partial charge >= 0.3 is 11.9 Å². The smallest absolute Gasteiger partial charge is 0.323 e. The maximum atomic E-state index is 11.3. The van der Waals surface area contributed by atoms with Crippen LogP contribution in [-0.4, -0.2) is 34.7 Å². The maximum Gasteiger partial charge on any atom is 0.323 e. The normalized spacial score (nSPS) is 26.5. The average Bonchev–Trinajstić information content (AvgIpc) is 1.75. The highest BCUT2D eigenvalue weighted by Gasteiger charge is 2.40. The number of carbonyl (C=O) groups is 2. The molecule has 0 amide bonds. The van der Waals surface area contributed by atoms with Gasteiger partial charge in [0.15, 0.2) is 0 Å². The van der Waals surface area contributed by atoms with Crippen molar-refractivity contribution in [3.8, 4) is 0 Å². The molecule has 1 heterocycles. The summed E-state index contributed by atoms with van der Waals surface area (Å²) in [7, 11) is 0. The molecule has 5 nitrogen and oxygen atoms in total. The van der Waals surface area contributed by atoms with E-state index in [9.17, 15) is 9.59 Å². The second kappa shape index (κ2) is 3.57. The van der Waals surface area contributed by atoms with Crippen molar-refractivity contribution in [2.24, 2.45) is 0 Å². The lowest BCUT2D eigenvalue weighted by Crippen LogP contribution is -2.60. The standard InChI is InChI=1S/C9H15NO4/c1-9(2,3)14-8(13)6-4-5(10-6)7(11)12/h5-6,10H,4H2,1-3H3,(H,11,12)/t5-,6-/m0/s1. The van der Waals surface area contributed by atoms with Crippen LogP contribution in [0.3, 0.4) is 0 Å².